The summed E-state index contributed by atoms with van der Waals surface area (Å²) in [5, 5.41) is 3.04. The summed E-state index contributed by atoms with van der Waals surface area (Å²) in [4.78, 5) is 39.7. The number of rotatable bonds is 3. The number of aryl methyl sites for hydroxylation is 1. The highest BCUT2D eigenvalue weighted by Gasteiger charge is 2.44. The molecule has 2 amide bonds. The lowest BCUT2D eigenvalue weighted by molar-refractivity contribution is -0.117. The predicted octanol–water partition coefficient (Wildman–Crippen LogP) is 5.25. The van der Waals surface area contributed by atoms with Gasteiger partial charge in [-0.1, -0.05) is 12.8 Å². The van der Waals surface area contributed by atoms with Crippen molar-refractivity contribution in [3.8, 4) is 5.75 Å². The summed E-state index contributed by atoms with van der Waals surface area (Å²) < 4.78 is 11.9. The van der Waals surface area contributed by atoms with E-state index in [4.69, 9.17) is 9.47 Å². The van der Waals surface area contributed by atoms with Crippen LogP contribution in [0.4, 0.5) is 10.5 Å². The Labute approximate surface area is 196 Å². The van der Waals surface area contributed by atoms with Crippen LogP contribution in [-0.2, 0) is 9.53 Å². The number of nitrogens with zero attached hydrogens (tertiary/aromatic N) is 1. The molecule has 1 aromatic carbocycles. The molecule has 7 nitrogen and oxygen atoms in total. The Hall–Kier alpha value is -2.57. The van der Waals surface area contributed by atoms with Crippen LogP contribution in [0.25, 0.3) is 0 Å². The first kappa shape index (κ1) is 23.6. The molecule has 1 aromatic rings. The molecule has 0 bridgehead atoms. The van der Waals surface area contributed by atoms with Crippen LogP contribution in [0, 0.1) is 12.8 Å². The summed E-state index contributed by atoms with van der Waals surface area (Å²) in [5.74, 6) is 1.07. The average Bonchev–Trinajstić information content (AvgIpc) is 3.21. The highest BCUT2D eigenvalue weighted by atomic mass is 16.6. The van der Waals surface area contributed by atoms with Gasteiger partial charge in [0, 0.05) is 44.1 Å². The Morgan fingerprint density at radius 3 is 2.48 bits per heavy atom. The van der Waals surface area contributed by atoms with Gasteiger partial charge in [-0.3, -0.25) is 9.59 Å². The van der Waals surface area contributed by atoms with Crippen LogP contribution < -0.4 is 10.1 Å². The molecule has 0 atom stereocenters. The minimum Gasteiger partial charge on any atom is -0.486 e. The minimum absolute atomic E-state index is 0.0208. The summed E-state index contributed by atoms with van der Waals surface area (Å²) in [5.41, 5.74) is 0.970. The van der Waals surface area contributed by atoms with Crippen LogP contribution in [0.2, 0.25) is 0 Å². The maximum absolute atomic E-state index is 13.0. The van der Waals surface area contributed by atoms with E-state index in [1.807, 2.05) is 33.8 Å². The number of ether oxygens (including phenoxy) is 2. The third-order valence-electron chi connectivity index (χ3n) is 6.99. The van der Waals surface area contributed by atoms with E-state index < -0.39 is 11.2 Å². The largest absolute Gasteiger partial charge is 0.486 e. The number of ketones is 1. The van der Waals surface area contributed by atoms with E-state index in [0.717, 1.165) is 18.4 Å². The standard InChI is InChI=1S/C26H36N2O5/c1-17-13-19-21(29)16-26(9-11-28(12-10-26)24(31)33-25(2,3)4)32-22(19)15-20(17)27-23(30)14-18-7-5-6-8-18/h13,15,18H,5-12,14,16H2,1-4H3,(H,27,30). The molecule has 180 valence electrons. The molecule has 2 heterocycles. The van der Waals surface area contributed by atoms with Gasteiger partial charge in [0.2, 0.25) is 5.91 Å². The zero-order valence-corrected chi connectivity index (χ0v) is 20.3. The number of carbonyl (C=O) groups excluding carboxylic acids is 3. The maximum atomic E-state index is 13.0. The number of likely N-dealkylation sites (tertiary alicyclic amines) is 1. The quantitative estimate of drug-likeness (QED) is 0.672. The van der Waals surface area contributed by atoms with Gasteiger partial charge in [-0.2, -0.15) is 0 Å². The van der Waals surface area contributed by atoms with Gasteiger partial charge in [-0.15, -0.1) is 0 Å². The van der Waals surface area contributed by atoms with Crippen LogP contribution >= 0.6 is 0 Å². The fourth-order valence-corrected chi connectivity index (χ4v) is 5.16. The van der Waals surface area contributed by atoms with Crippen LogP contribution in [-0.4, -0.2) is 47.0 Å². The number of carbonyl (C=O) groups is 3. The molecule has 1 N–H and O–H groups in total. The Bertz CT molecular complexity index is 935. The number of Topliss-reactive ketones (excluding diaryl/α,β-unsaturated/α-hetero) is 1. The van der Waals surface area contributed by atoms with Crippen molar-refractivity contribution in [1.82, 2.24) is 4.90 Å². The lowest BCUT2D eigenvalue weighted by Gasteiger charge is -2.44. The summed E-state index contributed by atoms with van der Waals surface area (Å²) in [6, 6.07) is 3.63. The van der Waals surface area contributed by atoms with Crippen molar-refractivity contribution < 1.29 is 23.9 Å². The summed E-state index contributed by atoms with van der Waals surface area (Å²) in [6.07, 6.45) is 6.30. The monoisotopic (exact) mass is 456 g/mol. The van der Waals surface area contributed by atoms with E-state index >= 15 is 0 Å². The fourth-order valence-electron chi connectivity index (χ4n) is 5.16. The zero-order chi connectivity index (χ0) is 23.8. The molecule has 1 saturated heterocycles. The van der Waals surface area contributed by atoms with Gasteiger partial charge in [0.25, 0.3) is 0 Å². The van der Waals surface area contributed by atoms with Crippen LogP contribution in [0.3, 0.4) is 0 Å². The second kappa shape index (κ2) is 8.99. The van der Waals surface area contributed by atoms with Crippen molar-refractivity contribution in [1.29, 1.82) is 0 Å². The van der Waals surface area contributed by atoms with Gasteiger partial charge in [0.15, 0.2) is 5.78 Å². The SMILES string of the molecule is Cc1cc2c(cc1NC(=O)CC1CCCC1)OC1(CCN(C(=O)OC(C)(C)C)CC1)CC2=O. The first-order valence-corrected chi connectivity index (χ1v) is 12.2. The molecular weight excluding hydrogens is 420 g/mol. The van der Waals surface area contributed by atoms with E-state index in [-0.39, 0.29) is 17.8 Å². The molecule has 33 heavy (non-hydrogen) atoms. The van der Waals surface area contributed by atoms with Crippen LogP contribution in [0.1, 0.15) is 88.1 Å². The van der Waals surface area contributed by atoms with E-state index in [1.54, 1.807) is 11.0 Å². The van der Waals surface area contributed by atoms with Crippen LogP contribution in [0.15, 0.2) is 12.1 Å². The summed E-state index contributed by atoms with van der Waals surface area (Å²) in [6.45, 7) is 8.41. The van der Waals surface area contributed by atoms with Gasteiger partial charge in [-0.25, -0.2) is 4.79 Å². The number of benzene rings is 1. The molecule has 4 rings (SSSR count). The lowest BCUT2D eigenvalue weighted by atomic mass is 9.82. The molecule has 2 aliphatic heterocycles. The van der Waals surface area contributed by atoms with Gasteiger partial charge in [-0.05, 0) is 58.1 Å². The van der Waals surface area contributed by atoms with Crippen molar-refractivity contribution in [2.45, 2.75) is 90.3 Å². The number of amides is 2. The fraction of sp³-hybridized carbons (Fsp3) is 0.654. The minimum atomic E-state index is -0.622. The molecule has 0 unspecified atom stereocenters. The number of anilines is 1. The molecule has 2 fully saturated rings. The van der Waals surface area contributed by atoms with Crippen molar-refractivity contribution in [3.63, 3.8) is 0 Å². The summed E-state index contributed by atoms with van der Waals surface area (Å²) >= 11 is 0. The lowest BCUT2D eigenvalue weighted by Crippen LogP contribution is -2.53. The van der Waals surface area contributed by atoms with Crippen molar-refractivity contribution >= 4 is 23.5 Å². The normalized spacial score (nSPS) is 20.4. The van der Waals surface area contributed by atoms with E-state index in [9.17, 15) is 14.4 Å². The van der Waals surface area contributed by atoms with Gasteiger partial charge in [0.05, 0.1) is 12.0 Å². The first-order chi connectivity index (χ1) is 15.5. The molecule has 1 saturated carbocycles. The van der Waals surface area contributed by atoms with Crippen molar-refractivity contribution in [2.75, 3.05) is 18.4 Å². The number of hydrogen-bond acceptors (Lipinski definition) is 5. The second-order valence-corrected chi connectivity index (χ2v) is 10.9. The number of piperidine rings is 1. The molecule has 1 aliphatic carbocycles. The highest BCUT2D eigenvalue weighted by molar-refractivity contribution is 6.02. The topological polar surface area (TPSA) is 84.9 Å². The molecule has 3 aliphatic rings. The summed E-state index contributed by atoms with van der Waals surface area (Å²) in [7, 11) is 0. The van der Waals surface area contributed by atoms with Crippen LogP contribution in [0.5, 0.6) is 5.75 Å². The molecule has 7 heteroatoms. The third-order valence-corrected chi connectivity index (χ3v) is 6.99. The highest BCUT2D eigenvalue weighted by Crippen LogP contribution is 2.41. The van der Waals surface area contributed by atoms with Gasteiger partial charge >= 0.3 is 6.09 Å². The van der Waals surface area contributed by atoms with E-state index in [2.05, 4.69) is 5.32 Å². The Morgan fingerprint density at radius 2 is 1.85 bits per heavy atom. The third kappa shape index (κ3) is 5.50. The Morgan fingerprint density at radius 1 is 1.18 bits per heavy atom. The number of hydrogen-bond donors (Lipinski definition) is 1. The van der Waals surface area contributed by atoms with E-state index in [0.29, 0.717) is 61.7 Å². The average molecular weight is 457 g/mol. The van der Waals surface area contributed by atoms with Gasteiger partial charge in [0.1, 0.15) is 17.0 Å². The Balaban J connectivity index is 1.44. The van der Waals surface area contributed by atoms with E-state index in [1.165, 1.54) is 12.8 Å². The maximum Gasteiger partial charge on any atom is 0.410 e. The second-order valence-electron chi connectivity index (χ2n) is 10.9. The molecule has 1 spiro atoms. The molecule has 0 aromatic heterocycles. The number of nitrogens with one attached hydrogen (secondary N) is 1. The molecule has 0 radical (unpaired) electrons. The van der Waals surface area contributed by atoms with Crippen molar-refractivity contribution in [2.24, 2.45) is 5.92 Å². The van der Waals surface area contributed by atoms with Gasteiger partial charge < -0.3 is 19.7 Å². The van der Waals surface area contributed by atoms with Crippen molar-refractivity contribution in [3.05, 3.63) is 23.3 Å². The predicted molar refractivity (Wildman–Crippen MR) is 126 cm³/mol. The molecular formula is C26H36N2O5. The number of fused-ring (bicyclic) bond motifs is 1. The zero-order valence-electron chi connectivity index (χ0n) is 20.3. The Kier molecular flexibility index (Phi) is 6.43. The first-order valence-electron chi connectivity index (χ1n) is 12.2. The smallest absolute Gasteiger partial charge is 0.410 e.